The maximum absolute atomic E-state index is 15.4. The summed E-state index contributed by atoms with van der Waals surface area (Å²) in [6.45, 7) is 11.3. The highest BCUT2D eigenvalue weighted by molar-refractivity contribution is 5.93. The van der Waals surface area contributed by atoms with Gasteiger partial charge in [0.25, 0.3) is 0 Å². The Morgan fingerprint density at radius 3 is 2.46 bits per heavy atom. The molecule has 0 bridgehead atoms. The van der Waals surface area contributed by atoms with Crippen LogP contribution in [0.2, 0.25) is 0 Å². The van der Waals surface area contributed by atoms with Gasteiger partial charge < -0.3 is 25.8 Å². The fraction of sp³-hybridized carbons (Fsp3) is 0.444. The first-order chi connectivity index (χ1) is 22.6. The first-order valence-corrected chi connectivity index (χ1v) is 16.2. The van der Waals surface area contributed by atoms with Crippen LogP contribution in [-0.2, 0) is 14.3 Å². The monoisotopic (exact) mass is 661 g/mol. The predicted octanol–water partition coefficient (Wildman–Crippen LogP) is 5.10. The van der Waals surface area contributed by atoms with Crippen LogP contribution in [0.25, 0.3) is 0 Å². The number of nitrogens with one attached hydrogen (secondary N) is 2. The molecule has 4 atom stereocenters. The second-order valence-corrected chi connectivity index (χ2v) is 13.6. The molecule has 1 aliphatic carbocycles. The van der Waals surface area contributed by atoms with E-state index in [9.17, 15) is 19.2 Å². The highest BCUT2D eigenvalue weighted by Gasteiger charge is 2.57. The van der Waals surface area contributed by atoms with E-state index in [1.54, 1.807) is 58.9 Å². The molecule has 2 fully saturated rings. The van der Waals surface area contributed by atoms with Crippen molar-refractivity contribution >= 4 is 23.8 Å². The van der Waals surface area contributed by atoms with Crippen molar-refractivity contribution in [2.45, 2.75) is 77.5 Å². The van der Waals surface area contributed by atoms with Crippen molar-refractivity contribution in [3.63, 3.8) is 0 Å². The molecule has 2 heterocycles. The SMILES string of the molecule is CCN(C(=O)OC(C)(C)C)C1=C2NC(=O)C(C)(N3CC[C@H](c4ccccc4Oc4ccc(C(N)=O)cc4)[C@@H](NC(C)=O)C3)C2CC(F)=C1. The van der Waals surface area contributed by atoms with Crippen LogP contribution in [0.5, 0.6) is 11.5 Å². The lowest BCUT2D eigenvalue weighted by molar-refractivity contribution is -0.132. The minimum absolute atomic E-state index is 0.0180. The summed E-state index contributed by atoms with van der Waals surface area (Å²) < 4.78 is 27.3. The van der Waals surface area contributed by atoms with Crippen LogP contribution in [0, 0.1) is 5.92 Å². The first-order valence-electron chi connectivity index (χ1n) is 16.2. The average Bonchev–Trinajstić information content (AvgIpc) is 3.27. The number of fused-ring (bicyclic) bond motifs is 1. The molecular weight excluding hydrogens is 617 g/mol. The maximum Gasteiger partial charge on any atom is 0.414 e. The van der Waals surface area contributed by atoms with Crippen LogP contribution >= 0.6 is 0 Å². The molecule has 0 radical (unpaired) electrons. The number of hydrogen-bond acceptors (Lipinski definition) is 7. The summed E-state index contributed by atoms with van der Waals surface area (Å²) in [5.41, 5.74) is 5.45. The lowest BCUT2D eigenvalue weighted by Gasteiger charge is -2.47. The van der Waals surface area contributed by atoms with E-state index in [2.05, 4.69) is 10.6 Å². The largest absolute Gasteiger partial charge is 0.457 e. The number of carbonyl (C=O) groups is 4. The number of amides is 4. The standard InChI is InChI=1S/C36H44FN5O6/c1-7-42(34(46)48-35(3,4)5)29-19-23(37)18-27-31(29)40-33(45)36(27,6)41-17-16-25(28(20-41)39-21(2)43)26-10-8-9-11-30(26)47-24-14-12-22(13-15-24)32(38)44/h8-15,19,25,27-28H,7,16-18,20H2,1-6H3,(H2,38,44)(H,39,43)(H,40,45)/t25-,27?,28+,36?/m1/s1. The molecule has 4 amide bonds. The van der Waals surface area contributed by atoms with Crippen molar-refractivity contribution in [1.29, 1.82) is 0 Å². The van der Waals surface area contributed by atoms with Gasteiger partial charge in [0.2, 0.25) is 17.7 Å². The Balaban J connectivity index is 1.44. The van der Waals surface area contributed by atoms with E-state index >= 15 is 4.39 Å². The summed E-state index contributed by atoms with van der Waals surface area (Å²) in [5.74, 6) is -1.15. The lowest BCUT2D eigenvalue weighted by Crippen LogP contribution is -2.62. The second kappa shape index (κ2) is 13.4. The minimum atomic E-state index is -1.17. The predicted molar refractivity (Wildman–Crippen MR) is 177 cm³/mol. The van der Waals surface area contributed by atoms with Gasteiger partial charge in [-0.15, -0.1) is 0 Å². The zero-order chi connectivity index (χ0) is 35.0. The van der Waals surface area contributed by atoms with Crippen molar-refractivity contribution in [1.82, 2.24) is 20.4 Å². The Kier molecular flexibility index (Phi) is 9.68. The normalized spacial score (nSPS) is 24.3. The number of ether oxygens (including phenoxy) is 2. The zero-order valence-corrected chi connectivity index (χ0v) is 28.3. The number of benzene rings is 2. The zero-order valence-electron chi connectivity index (χ0n) is 28.3. The molecule has 0 saturated carbocycles. The fourth-order valence-electron chi connectivity index (χ4n) is 6.95. The number of rotatable bonds is 8. The van der Waals surface area contributed by atoms with E-state index in [1.165, 1.54) is 17.9 Å². The van der Waals surface area contributed by atoms with E-state index in [1.807, 2.05) is 29.2 Å². The highest BCUT2D eigenvalue weighted by atomic mass is 19.1. The molecule has 5 rings (SSSR count). The van der Waals surface area contributed by atoms with Gasteiger partial charge in [-0.3, -0.25) is 24.2 Å². The van der Waals surface area contributed by atoms with Crippen molar-refractivity contribution in [3.05, 3.63) is 83.0 Å². The first kappa shape index (κ1) is 34.6. The van der Waals surface area contributed by atoms with Gasteiger partial charge in [0.05, 0.1) is 5.70 Å². The summed E-state index contributed by atoms with van der Waals surface area (Å²) in [7, 11) is 0. The molecule has 48 heavy (non-hydrogen) atoms. The number of hydrogen-bond donors (Lipinski definition) is 3. The third kappa shape index (κ3) is 6.94. The number of likely N-dealkylation sites (tertiary alicyclic amines) is 1. The molecule has 2 aromatic carbocycles. The van der Waals surface area contributed by atoms with Crippen molar-refractivity contribution in [2.75, 3.05) is 19.6 Å². The van der Waals surface area contributed by atoms with Crippen LogP contribution in [-0.4, -0.2) is 70.4 Å². The number of para-hydroxylation sites is 1. The van der Waals surface area contributed by atoms with Crippen LogP contribution in [0.4, 0.5) is 9.18 Å². The minimum Gasteiger partial charge on any atom is -0.457 e. The topological polar surface area (TPSA) is 143 Å². The van der Waals surface area contributed by atoms with E-state index in [4.69, 9.17) is 15.2 Å². The number of nitrogens with zero attached hydrogens (tertiary/aromatic N) is 2. The molecule has 256 valence electrons. The van der Waals surface area contributed by atoms with Crippen molar-refractivity contribution in [2.24, 2.45) is 11.7 Å². The summed E-state index contributed by atoms with van der Waals surface area (Å²) in [4.78, 5) is 54.5. The number of allylic oxidation sites excluding steroid dienone is 2. The molecular formula is C36H44FN5O6. The smallest absolute Gasteiger partial charge is 0.414 e. The molecule has 12 heteroatoms. The molecule has 11 nitrogen and oxygen atoms in total. The van der Waals surface area contributed by atoms with Gasteiger partial charge in [-0.2, -0.15) is 0 Å². The fourth-order valence-corrected chi connectivity index (χ4v) is 6.95. The Morgan fingerprint density at radius 2 is 1.83 bits per heavy atom. The number of piperidine rings is 1. The van der Waals surface area contributed by atoms with E-state index < -0.39 is 40.9 Å². The van der Waals surface area contributed by atoms with Crippen molar-refractivity contribution < 1.29 is 33.0 Å². The second-order valence-electron chi connectivity index (χ2n) is 13.6. The molecule has 2 aromatic rings. The van der Waals surface area contributed by atoms with Crippen LogP contribution in [0.3, 0.4) is 0 Å². The van der Waals surface area contributed by atoms with Gasteiger partial charge in [0, 0.05) is 61.1 Å². The van der Waals surface area contributed by atoms with E-state index in [-0.39, 0.29) is 36.4 Å². The van der Waals surface area contributed by atoms with E-state index in [0.29, 0.717) is 42.3 Å². The quantitative estimate of drug-likeness (QED) is 0.357. The van der Waals surface area contributed by atoms with Crippen LogP contribution < -0.4 is 21.1 Å². The molecule has 3 aliphatic rings. The summed E-state index contributed by atoms with van der Waals surface area (Å²) in [6, 6.07) is 13.7. The number of likely N-dealkylation sites (N-methyl/N-ethyl adjacent to an activating group) is 1. The summed E-state index contributed by atoms with van der Waals surface area (Å²) in [6.07, 6.45) is 1.22. The Morgan fingerprint density at radius 1 is 1.15 bits per heavy atom. The van der Waals surface area contributed by atoms with Gasteiger partial charge in [-0.25, -0.2) is 9.18 Å². The maximum atomic E-state index is 15.4. The van der Waals surface area contributed by atoms with Gasteiger partial charge in [0.1, 0.15) is 28.5 Å². The van der Waals surface area contributed by atoms with Gasteiger partial charge in [0.15, 0.2) is 0 Å². The molecule has 0 spiro atoms. The van der Waals surface area contributed by atoms with Crippen LogP contribution in [0.15, 0.2) is 71.8 Å². The van der Waals surface area contributed by atoms with Crippen LogP contribution in [0.1, 0.15) is 76.2 Å². The molecule has 2 saturated heterocycles. The van der Waals surface area contributed by atoms with E-state index in [0.717, 1.165) is 5.56 Å². The van der Waals surface area contributed by atoms with Gasteiger partial charge in [-0.05, 0) is 84.0 Å². The van der Waals surface area contributed by atoms with Crippen molar-refractivity contribution in [3.8, 4) is 11.5 Å². The third-order valence-corrected chi connectivity index (χ3v) is 9.27. The van der Waals surface area contributed by atoms with Gasteiger partial charge >= 0.3 is 6.09 Å². The molecule has 0 aromatic heterocycles. The number of nitrogens with two attached hydrogens (primary N) is 1. The molecule has 4 N–H and O–H groups in total. The number of halogens is 1. The van der Waals surface area contributed by atoms with Gasteiger partial charge in [-0.1, -0.05) is 18.2 Å². The molecule has 2 unspecified atom stereocenters. The highest BCUT2D eigenvalue weighted by Crippen LogP contribution is 2.47. The number of primary amides is 1. The summed E-state index contributed by atoms with van der Waals surface area (Å²) >= 11 is 0. The summed E-state index contributed by atoms with van der Waals surface area (Å²) in [5, 5.41) is 6.09. The Hall–Kier alpha value is -4.71. The molecule has 2 aliphatic heterocycles. The Labute approximate surface area is 280 Å². The number of carbonyl (C=O) groups excluding carboxylic acids is 4. The Bertz CT molecular complexity index is 1670. The average molecular weight is 662 g/mol. The third-order valence-electron chi connectivity index (χ3n) is 9.27. The lowest BCUT2D eigenvalue weighted by atomic mass is 9.76.